The number of rotatable bonds is 4. The van der Waals surface area contributed by atoms with Crippen LogP contribution in [0.5, 0.6) is 5.75 Å². The molecule has 18 heavy (non-hydrogen) atoms. The van der Waals surface area contributed by atoms with Crippen LogP contribution >= 0.6 is 11.6 Å². The molecule has 1 N–H and O–H groups in total. The van der Waals surface area contributed by atoms with Gasteiger partial charge in [-0.25, -0.2) is 0 Å². The molecule has 2 rings (SSSR count). The Labute approximate surface area is 113 Å². The average molecular weight is 270 g/mol. The summed E-state index contributed by atoms with van der Waals surface area (Å²) in [5.41, 5.74) is 0.837. The van der Waals surface area contributed by atoms with Gasteiger partial charge in [-0.3, -0.25) is 0 Å². The standard InChI is InChI=1S/C14H20ClNO2/c1-4-17-9-14(2)8-12(16-3)11-7-10(15)5-6-13(11)18-14/h5-7,12,16H,4,8-9H2,1-3H3. The van der Waals surface area contributed by atoms with Crippen molar-refractivity contribution >= 4 is 11.6 Å². The van der Waals surface area contributed by atoms with E-state index in [1.54, 1.807) is 0 Å². The molecule has 0 bridgehead atoms. The molecule has 2 atom stereocenters. The van der Waals surface area contributed by atoms with Crippen LogP contribution in [0.4, 0.5) is 0 Å². The first-order valence-corrected chi connectivity index (χ1v) is 6.69. The monoisotopic (exact) mass is 269 g/mol. The van der Waals surface area contributed by atoms with E-state index in [1.165, 1.54) is 0 Å². The molecule has 0 spiro atoms. The van der Waals surface area contributed by atoms with E-state index >= 15 is 0 Å². The zero-order valence-corrected chi connectivity index (χ0v) is 11.9. The fourth-order valence-electron chi connectivity index (χ4n) is 2.40. The highest BCUT2D eigenvalue weighted by Gasteiger charge is 2.37. The minimum atomic E-state index is -0.287. The van der Waals surface area contributed by atoms with Crippen molar-refractivity contribution in [2.45, 2.75) is 31.9 Å². The lowest BCUT2D eigenvalue weighted by Gasteiger charge is -2.39. The molecular formula is C14H20ClNO2. The van der Waals surface area contributed by atoms with Gasteiger partial charge in [0.25, 0.3) is 0 Å². The SMILES string of the molecule is CCOCC1(C)CC(NC)c2cc(Cl)ccc2O1. The number of halogens is 1. The lowest BCUT2D eigenvalue weighted by Crippen LogP contribution is -2.44. The third-order valence-electron chi connectivity index (χ3n) is 3.30. The summed E-state index contributed by atoms with van der Waals surface area (Å²) >= 11 is 6.05. The van der Waals surface area contributed by atoms with Gasteiger partial charge < -0.3 is 14.8 Å². The predicted molar refractivity (Wildman–Crippen MR) is 73.4 cm³/mol. The molecule has 1 aromatic rings. The topological polar surface area (TPSA) is 30.5 Å². The Morgan fingerprint density at radius 3 is 3.00 bits per heavy atom. The van der Waals surface area contributed by atoms with Crippen molar-refractivity contribution in [2.24, 2.45) is 0 Å². The van der Waals surface area contributed by atoms with Crippen LogP contribution in [0, 0.1) is 0 Å². The molecule has 0 saturated carbocycles. The Morgan fingerprint density at radius 2 is 2.33 bits per heavy atom. The highest BCUT2D eigenvalue weighted by atomic mass is 35.5. The summed E-state index contributed by atoms with van der Waals surface area (Å²) in [4.78, 5) is 0. The van der Waals surface area contributed by atoms with Crippen LogP contribution in [-0.4, -0.2) is 25.9 Å². The largest absolute Gasteiger partial charge is 0.485 e. The number of nitrogens with one attached hydrogen (secondary N) is 1. The minimum absolute atomic E-state index is 0.248. The van der Waals surface area contributed by atoms with E-state index in [0.717, 1.165) is 22.8 Å². The van der Waals surface area contributed by atoms with Gasteiger partial charge in [0.05, 0.1) is 6.61 Å². The molecule has 1 aliphatic rings. The second-order valence-corrected chi connectivity index (χ2v) is 5.35. The van der Waals surface area contributed by atoms with Crippen molar-refractivity contribution in [2.75, 3.05) is 20.3 Å². The molecule has 0 amide bonds. The molecule has 4 heteroatoms. The van der Waals surface area contributed by atoms with Crippen LogP contribution in [-0.2, 0) is 4.74 Å². The van der Waals surface area contributed by atoms with Crippen LogP contribution in [0.2, 0.25) is 5.02 Å². The Bertz CT molecular complexity index is 424. The number of hydrogen-bond acceptors (Lipinski definition) is 3. The summed E-state index contributed by atoms with van der Waals surface area (Å²) in [5.74, 6) is 0.896. The smallest absolute Gasteiger partial charge is 0.131 e. The Morgan fingerprint density at radius 1 is 1.56 bits per heavy atom. The van der Waals surface area contributed by atoms with Crippen LogP contribution in [0.15, 0.2) is 18.2 Å². The van der Waals surface area contributed by atoms with Crippen LogP contribution < -0.4 is 10.1 Å². The molecule has 0 aromatic heterocycles. The van der Waals surface area contributed by atoms with E-state index < -0.39 is 0 Å². The second kappa shape index (κ2) is 5.47. The van der Waals surface area contributed by atoms with E-state index in [0.29, 0.717) is 13.2 Å². The normalized spacial score (nSPS) is 26.6. The maximum atomic E-state index is 6.08. The van der Waals surface area contributed by atoms with Gasteiger partial charge in [0.15, 0.2) is 0 Å². The first-order chi connectivity index (χ1) is 8.58. The molecule has 0 saturated heterocycles. The fourth-order valence-corrected chi connectivity index (χ4v) is 2.58. The summed E-state index contributed by atoms with van der Waals surface area (Å²) in [7, 11) is 1.96. The molecule has 1 aromatic carbocycles. The molecule has 2 unspecified atom stereocenters. The zero-order valence-electron chi connectivity index (χ0n) is 11.1. The van der Waals surface area contributed by atoms with E-state index in [9.17, 15) is 0 Å². The quantitative estimate of drug-likeness (QED) is 0.911. The van der Waals surface area contributed by atoms with Crippen LogP contribution in [0.3, 0.4) is 0 Å². The molecule has 0 radical (unpaired) electrons. The summed E-state index contributed by atoms with van der Waals surface area (Å²) in [6.07, 6.45) is 0.872. The number of fused-ring (bicyclic) bond motifs is 1. The molecule has 0 aliphatic carbocycles. The summed E-state index contributed by atoms with van der Waals surface area (Å²) < 4.78 is 11.6. The first kappa shape index (κ1) is 13.7. The second-order valence-electron chi connectivity index (χ2n) is 4.92. The number of ether oxygens (including phenoxy) is 2. The van der Waals surface area contributed by atoms with Gasteiger partial charge in [0.1, 0.15) is 11.4 Å². The molecule has 0 fully saturated rings. The van der Waals surface area contributed by atoms with Gasteiger partial charge in [0, 0.05) is 29.7 Å². The van der Waals surface area contributed by atoms with Crippen molar-refractivity contribution in [3.8, 4) is 5.75 Å². The third kappa shape index (κ3) is 2.79. The minimum Gasteiger partial charge on any atom is -0.485 e. The van der Waals surface area contributed by atoms with Gasteiger partial charge >= 0.3 is 0 Å². The third-order valence-corrected chi connectivity index (χ3v) is 3.53. The Kier molecular flexibility index (Phi) is 4.15. The lowest BCUT2D eigenvalue weighted by molar-refractivity contribution is -0.0326. The van der Waals surface area contributed by atoms with Gasteiger partial charge in [-0.15, -0.1) is 0 Å². The fraction of sp³-hybridized carbons (Fsp3) is 0.571. The van der Waals surface area contributed by atoms with Crippen molar-refractivity contribution < 1.29 is 9.47 Å². The van der Waals surface area contributed by atoms with Crippen molar-refractivity contribution in [1.29, 1.82) is 0 Å². The van der Waals surface area contributed by atoms with E-state index in [-0.39, 0.29) is 11.6 Å². The van der Waals surface area contributed by atoms with E-state index in [4.69, 9.17) is 21.1 Å². The van der Waals surface area contributed by atoms with Gasteiger partial charge in [-0.05, 0) is 39.1 Å². The van der Waals surface area contributed by atoms with Gasteiger partial charge in [-0.1, -0.05) is 11.6 Å². The summed E-state index contributed by atoms with van der Waals surface area (Å²) in [6, 6.07) is 6.02. The number of hydrogen-bond donors (Lipinski definition) is 1. The van der Waals surface area contributed by atoms with Crippen molar-refractivity contribution in [1.82, 2.24) is 5.32 Å². The van der Waals surface area contributed by atoms with E-state index in [2.05, 4.69) is 12.2 Å². The van der Waals surface area contributed by atoms with Crippen molar-refractivity contribution in [3.63, 3.8) is 0 Å². The Hall–Kier alpha value is -0.770. The number of benzene rings is 1. The Balaban J connectivity index is 2.27. The maximum absolute atomic E-state index is 6.08. The van der Waals surface area contributed by atoms with Crippen molar-refractivity contribution in [3.05, 3.63) is 28.8 Å². The lowest BCUT2D eigenvalue weighted by atomic mass is 9.89. The van der Waals surface area contributed by atoms with Crippen LogP contribution in [0.1, 0.15) is 31.9 Å². The summed E-state index contributed by atoms with van der Waals surface area (Å²) in [6.45, 7) is 5.39. The molecule has 1 aliphatic heterocycles. The summed E-state index contributed by atoms with van der Waals surface area (Å²) in [5, 5.41) is 4.07. The zero-order chi connectivity index (χ0) is 13.2. The van der Waals surface area contributed by atoms with E-state index in [1.807, 2.05) is 32.2 Å². The molecule has 100 valence electrons. The molecular weight excluding hydrogens is 250 g/mol. The van der Waals surface area contributed by atoms with Gasteiger partial charge in [0.2, 0.25) is 0 Å². The first-order valence-electron chi connectivity index (χ1n) is 6.31. The van der Waals surface area contributed by atoms with Crippen LogP contribution in [0.25, 0.3) is 0 Å². The molecule has 3 nitrogen and oxygen atoms in total. The molecule has 1 heterocycles. The highest BCUT2D eigenvalue weighted by Crippen LogP contribution is 2.40. The highest BCUT2D eigenvalue weighted by molar-refractivity contribution is 6.30. The van der Waals surface area contributed by atoms with Gasteiger partial charge in [-0.2, -0.15) is 0 Å². The maximum Gasteiger partial charge on any atom is 0.131 e. The average Bonchev–Trinajstić information content (AvgIpc) is 2.36. The predicted octanol–water partition coefficient (Wildman–Crippen LogP) is 3.18.